The van der Waals surface area contributed by atoms with Gasteiger partial charge in [0.15, 0.2) is 0 Å². The van der Waals surface area contributed by atoms with Crippen molar-refractivity contribution in [3.63, 3.8) is 0 Å². The Bertz CT molecular complexity index is 23.1. The van der Waals surface area contributed by atoms with Gasteiger partial charge in [-0.05, 0) is 0 Å². The molecule has 0 bridgehead atoms. The summed E-state index contributed by atoms with van der Waals surface area (Å²) in [5.41, 5.74) is 0. The zero-order valence-corrected chi connectivity index (χ0v) is 6.99. The molecular weight excluding hydrogens is 87.0 g/mol. The second-order valence-electron chi connectivity index (χ2n) is 1.92. The van der Waals surface area contributed by atoms with Crippen LogP contribution in [0.5, 0.6) is 0 Å². The molecule has 36 valence electrons. The fraction of sp³-hybridized carbons (Fsp3) is 1.00. The molecule has 0 spiro atoms. The van der Waals surface area contributed by atoms with Crippen molar-refractivity contribution in [3.05, 3.63) is 0 Å². The fourth-order valence-electron chi connectivity index (χ4n) is 0.289. The van der Waals surface area contributed by atoms with Crippen LogP contribution in [0, 0.1) is 5.92 Å². The Morgan fingerprint density at radius 2 is 2.17 bits per heavy atom. The molecule has 6 heavy (non-hydrogen) atoms. The second kappa shape index (κ2) is 3.71. The van der Waals surface area contributed by atoms with Gasteiger partial charge in [0.25, 0.3) is 0 Å². The molecule has 0 aliphatic rings. The van der Waals surface area contributed by atoms with Gasteiger partial charge in [-0.15, -0.1) is 0 Å². The summed E-state index contributed by atoms with van der Waals surface area (Å²) in [5.74, 6) is 0.997. The monoisotopic (exact) mass is 100 g/mol. The average Bonchev–Trinajstić information content (AvgIpc) is 1.65. The van der Waals surface area contributed by atoms with Gasteiger partial charge >= 0.3 is 0 Å². The maximum absolute atomic E-state index is 2.31. The quantitative estimate of drug-likeness (QED) is 0.455. The van der Waals surface area contributed by atoms with E-state index < -0.39 is 0 Å². The van der Waals surface area contributed by atoms with E-state index in [1.807, 2.05) is 0 Å². The lowest BCUT2D eigenvalue weighted by atomic mass is 10.2. The van der Waals surface area contributed by atoms with Gasteiger partial charge in [-0.3, -0.25) is 0 Å². The van der Waals surface area contributed by atoms with Crippen molar-refractivity contribution < 1.29 is 0 Å². The topological polar surface area (TPSA) is 0 Å². The van der Waals surface area contributed by atoms with Crippen LogP contribution in [0.4, 0.5) is 0 Å². The highest BCUT2D eigenvalue weighted by molar-refractivity contribution is 6.08. The summed E-state index contributed by atoms with van der Waals surface area (Å²) in [5, 5.41) is 1.47. The zero-order valence-electron chi connectivity index (χ0n) is 4.99. The van der Waals surface area contributed by atoms with E-state index in [1.54, 1.807) is 0 Å². The Kier molecular flexibility index (Phi) is 4.04. The van der Waals surface area contributed by atoms with E-state index in [1.165, 1.54) is 28.0 Å². The molecular formula is C5H13Al. The third-order valence-electron chi connectivity index (χ3n) is 1.39. The summed E-state index contributed by atoms with van der Waals surface area (Å²) in [6, 6.07) is 0. The molecule has 0 N–H and O–H groups in total. The van der Waals surface area contributed by atoms with Crippen molar-refractivity contribution in [2.75, 3.05) is 0 Å². The molecule has 0 aromatic rings. The minimum atomic E-state index is 0.997. The lowest BCUT2D eigenvalue weighted by Gasteiger charge is -1.98. The van der Waals surface area contributed by atoms with E-state index in [0.717, 1.165) is 5.92 Å². The summed E-state index contributed by atoms with van der Waals surface area (Å²) in [4.78, 5) is 0. The summed E-state index contributed by atoms with van der Waals surface area (Å²) in [7, 11) is 0. The minimum Gasteiger partial charge on any atom is -0.0987 e. The van der Waals surface area contributed by atoms with E-state index in [2.05, 4.69) is 13.8 Å². The van der Waals surface area contributed by atoms with E-state index in [-0.39, 0.29) is 0 Å². The van der Waals surface area contributed by atoms with Gasteiger partial charge in [0.1, 0.15) is 0 Å². The van der Waals surface area contributed by atoms with E-state index in [9.17, 15) is 0 Å². The first kappa shape index (κ1) is 6.53. The summed E-state index contributed by atoms with van der Waals surface area (Å²) >= 11 is 1.38. The summed E-state index contributed by atoms with van der Waals surface area (Å²) in [6.07, 6.45) is 1.36. The maximum atomic E-state index is 2.31. The Labute approximate surface area is 48.4 Å². The molecule has 1 heteroatoms. The highest BCUT2D eigenvalue weighted by atomic mass is 27.0. The van der Waals surface area contributed by atoms with Crippen molar-refractivity contribution >= 4 is 16.3 Å². The van der Waals surface area contributed by atoms with Crippen LogP contribution < -0.4 is 0 Å². The molecule has 0 aromatic carbocycles. The largest absolute Gasteiger partial charge is 0.212 e. The van der Waals surface area contributed by atoms with Gasteiger partial charge in [0, 0.05) is 0 Å². The average molecular weight is 100 g/mol. The fourth-order valence-corrected chi connectivity index (χ4v) is 0.866. The van der Waals surface area contributed by atoms with Crippen LogP contribution in [-0.4, -0.2) is 16.3 Å². The lowest BCUT2D eigenvalue weighted by molar-refractivity contribution is 0.625. The number of hydrogen-bond donors (Lipinski definition) is 0. The molecule has 0 heterocycles. The van der Waals surface area contributed by atoms with E-state index in [4.69, 9.17) is 0 Å². The third kappa shape index (κ3) is 2.75. The molecule has 0 rings (SSSR count). The molecule has 1 unspecified atom stereocenters. The van der Waals surface area contributed by atoms with Crippen molar-refractivity contribution in [1.82, 2.24) is 0 Å². The van der Waals surface area contributed by atoms with Gasteiger partial charge in [-0.25, -0.2) is 0 Å². The first-order chi connectivity index (χ1) is 2.81. The van der Waals surface area contributed by atoms with Gasteiger partial charge in [0.2, 0.25) is 16.3 Å². The Hall–Kier alpha value is 0.532. The van der Waals surface area contributed by atoms with Gasteiger partial charge < -0.3 is 0 Å². The zero-order chi connectivity index (χ0) is 4.99. The third-order valence-corrected chi connectivity index (χ3v) is 2.79. The van der Waals surface area contributed by atoms with Gasteiger partial charge in [0.05, 0.1) is 0 Å². The van der Waals surface area contributed by atoms with Crippen LogP contribution in [0.1, 0.15) is 20.3 Å². The molecule has 0 amide bonds. The van der Waals surface area contributed by atoms with Crippen molar-refractivity contribution in [3.8, 4) is 0 Å². The van der Waals surface area contributed by atoms with Gasteiger partial charge in [-0.1, -0.05) is 31.5 Å². The highest BCUT2D eigenvalue weighted by Crippen LogP contribution is 2.01. The van der Waals surface area contributed by atoms with Gasteiger partial charge in [-0.2, -0.15) is 0 Å². The molecule has 0 radical (unpaired) electrons. The SMILES string of the molecule is CCC(C)[CH2][AlH2]. The van der Waals surface area contributed by atoms with Crippen molar-refractivity contribution in [2.24, 2.45) is 5.92 Å². The normalized spacial score (nSPS) is 14.3. The van der Waals surface area contributed by atoms with Crippen LogP contribution in [0.3, 0.4) is 0 Å². The van der Waals surface area contributed by atoms with Crippen LogP contribution in [0.2, 0.25) is 5.28 Å². The van der Waals surface area contributed by atoms with E-state index >= 15 is 0 Å². The molecule has 0 aliphatic heterocycles. The van der Waals surface area contributed by atoms with Crippen molar-refractivity contribution in [1.29, 1.82) is 0 Å². The number of hydrogen-bond acceptors (Lipinski definition) is 0. The molecule has 0 fully saturated rings. The first-order valence-electron chi connectivity index (χ1n) is 2.81. The standard InChI is InChI=1S/C5H11.Al.2H/c1-4-5(2)3;;;/h5H,2,4H2,1,3H3;;;. The molecule has 0 nitrogen and oxygen atoms in total. The molecule has 0 aliphatic carbocycles. The first-order valence-corrected chi connectivity index (χ1v) is 4.22. The molecule has 0 saturated carbocycles. The highest BCUT2D eigenvalue weighted by Gasteiger charge is 1.88. The minimum absolute atomic E-state index is 0.997. The predicted molar refractivity (Wildman–Crippen MR) is 32.8 cm³/mol. The van der Waals surface area contributed by atoms with Crippen LogP contribution >= 0.6 is 0 Å². The number of rotatable bonds is 2. The maximum Gasteiger partial charge on any atom is 0.212 e. The smallest absolute Gasteiger partial charge is 0.0987 e. The Balaban J connectivity index is 2.75. The molecule has 0 saturated heterocycles. The lowest BCUT2D eigenvalue weighted by Crippen LogP contribution is -1.87. The summed E-state index contributed by atoms with van der Waals surface area (Å²) in [6.45, 7) is 4.57. The predicted octanol–water partition coefficient (Wildman–Crippen LogP) is 1.08. The Morgan fingerprint density at radius 1 is 1.67 bits per heavy atom. The van der Waals surface area contributed by atoms with Crippen LogP contribution in [0.15, 0.2) is 0 Å². The van der Waals surface area contributed by atoms with Crippen LogP contribution in [0.25, 0.3) is 0 Å². The second-order valence-corrected chi connectivity index (χ2v) is 2.74. The molecule has 1 atom stereocenters. The Morgan fingerprint density at radius 3 is 2.17 bits per heavy atom. The van der Waals surface area contributed by atoms with E-state index in [0.29, 0.717) is 0 Å². The summed E-state index contributed by atoms with van der Waals surface area (Å²) < 4.78 is 0. The van der Waals surface area contributed by atoms with Crippen molar-refractivity contribution in [2.45, 2.75) is 25.6 Å². The molecule has 0 aromatic heterocycles. The van der Waals surface area contributed by atoms with Crippen LogP contribution in [-0.2, 0) is 0 Å².